The van der Waals surface area contributed by atoms with Gasteiger partial charge in [-0.05, 0) is 25.1 Å². The van der Waals surface area contributed by atoms with Gasteiger partial charge in [-0.25, -0.2) is 4.99 Å². The number of ether oxygens (including phenoxy) is 3. The predicted octanol–water partition coefficient (Wildman–Crippen LogP) is 2.77. The molecule has 2 aromatic carbocycles. The van der Waals surface area contributed by atoms with E-state index in [1.54, 1.807) is 18.7 Å². The highest BCUT2D eigenvalue weighted by Crippen LogP contribution is 2.40. The largest absolute Gasteiger partial charge is 0.465 e. The van der Waals surface area contributed by atoms with Crippen molar-refractivity contribution < 1.29 is 19.0 Å². The first kappa shape index (κ1) is 25.7. The number of nitrogens with zero attached hydrogens (tertiary/aromatic N) is 3. The van der Waals surface area contributed by atoms with E-state index in [0.29, 0.717) is 26.4 Å². The molecular formula is C26H34N4O4S. The summed E-state index contributed by atoms with van der Waals surface area (Å²) in [4.78, 5) is 23.8. The first-order valence-electron chi connectivity index (χ1n) is 12.2. The molecule has 0 aliphatic carbocycles. The lowest BCUT2D eigenvalue weighted by atomic mass is 10.1. The minimum Gasteiger partial charge on any atom is -0.465 e. The first-order valence-corrected chi connectivity index (χ1v) is 13.0. The van der Waals surface area contributed by atoms with Crippen LogP contribution in [0.1, 0.15) is 12.5 Å². The summed E-state index contributed by atoms with van der Waals surface area (Å²) in [6.07, 6.45) is 0. The Hall–Kier alpha value is -2.43. The second kappa shape index (κ2) is 13.0. The molecule has 2 aliphatic rings. The number of para-hydroxylation sites is 1. The lowest BCUT2D eigenvalue weighted by molar-refractivity contribution is -0.146. The van der Waals surface area contributed by atoms with Gasteiger partial charge < -0.3 is 24.8 Å². The Balaban J connectivity index is 1.20. The van der Waals surface area contributed by atoms with Crippen LogP contribution in [0.5, 0.6) is 0 Å². The van der Waals surface area contributed by atoms with Gasteiger partial charge in [-0.3, -0.25) is 9.69 Å². The number of fused-ring (bicyclic) bond motifs is 2. The topological polar surface area (TPSA) is 89.6 Å². The van der Waals surface area contributed by atoms with Gasteiger partial charge in [0.25, 0.3) is 0 Å². The smallest absolute Gasteiger partial charge is 0.325 e. The number of amidine groups is 1. The molecule has 1 fully saturated rings. The van der Waals surface area contributed by atoms with Crippen molar-refractivity contribution in [2.24, 2.45) is 10.7 Å². The normalized spacial score (nSPS) is 16.6. The highest BCUT2D eigenvalue weighted by Gasteiger charge is 2.25. The molecule has 1 unspecified atom stereocenters. The van der Waals surface area contributed by atoms with Crippen molar-refractivity contribution in [3.05, 3.63) is 54.1 Å². The molecule has 4 rings (SSSR count). The molecule has 0 radical (unpaired) electrons. The van der Waals surface area contributed by atoms with E-state index in [0.717, 1.165) is 44.2 Å². The average molecular weight is 499 g/mol. The maximum atomic E-state index is 11.5. The molecular weight excluding hydrogens is 464 g/mol. The highest BCUT2D eigenvalue weighted by molar-refractivity contribution is 7.99. The van der Waals surface area contributed by atoms with Crippen molar-refractivity contribution >= 4 is 29.3 Å². The van der Waals surface area contributed by atoms with E-state index < -0.39 is 12.0 Å². The van der Waals surface area contributed by atoms with Crippen molar-refractivity contribution in [1.29, 1.82) is 0 Å². The Morgan fingerprint density at radius 1 is 1.00 bits per heavy atom. The van der Waals surface area contributed by atoms with E-state index in [4.69, 9.17) is 24.9 Å². The van der Waals surface area contributed by atoms with Crippen molar-refractivity contribution in [3.8, 4) is 0 Å². The monoisotopic (exact) mass is 498 g/mol. The third-order valence-electron chi connectivity index (χ3n) is 5.92. The van der Waals surface area contributed by atoms with E-state index in [2.05, 4.69) is 52.3 Å². The zero-order valence-electron chi connectivity index (χ0n) is 20.2. The maximum absolute atomic E-state index is 11.5. The fraction of sp³-hybridized carbons (Fsp3) is 0.462. The molecule has 2 N–H and O–H groups in total. The Kier molecular flexibility index (Phi) is 9.56. The lowest BCUT2D eigenvalue weighted by Gasteiger charge is -2.36. The number of esters is 1. The summed E-state index contributed by atoms with van der Waals surface area (Å²) >= 11 is 1.79. The van der Waals surface area contributed by atoms with Crippen molar-refractivity contribution in [3.63, 3.8) is 0 Å². The van der Waals surface area contributed by atoms with Gasteiger partial charge >= 0.3 is 5.97 Å². The Morgan fingerprint density at radius 3 is 2.51 bits per heavy atom. The number of carbonyl (C=O) groups excluding carboxylic acids is 1. The van der Waals surface area contributed by atoms with E-state index in [9.17, 15) is 4.79 Å². The van der Waals surface area contributed by atoms with Crippen LogP contribution in [0.4, 0.5) is 5.69 Å². The minimum absolute atomic E-state index is 0.139. The average Bonchev–Trinajstić information content (AvgIpc) is 3.05. The number of hydrogen-bond donors (Lipinski definition) is 1. The van der Waals surface area contributed by atoms with Gasteiger partial charge in [-0.15, -0.1) is 0 Å². The zero-order valence-corrected chi connectivity index (χ0v) is 21.0. The number of benzene rings is 2. The van der Waals surface area contributed by atoms with Crippen LogP contribution in [0.15, 0.2) is 63.3 Å². The quantitative estimate of drug-likeness (QED) is 0.395. The number of aliphatic imine (C=N–C) groups is 1. The highest BCUT2D eigenvalue weighted by atomic mass is 32.2. The van der Waals surface area contributed by atoms with Crippen LogP contribution in [0.2, 0.25) is 0 Å². The third kappa shape index (κ3) is 7.05. The van der Waals surface area contributed by atoms with Crippen molar-refractivity contribution in [2.75, 3.05) is 65.8 Å². The van der Waals surface area contributed by atoms with Gasteiger partial charge in [0.1, 0.15) is 11.9 Å². The molecule has 2 aromatic rings. The molecule has 9 heteroatoms. The zero-order chi connectivity index (χ0) is 24.5. The van der Waals surface area contributed by atoms with Crippen molar-refractivity contribution in [1.82, 2.24) is 9.80 Å². The molecule has 2 aliphatic heterocycles. The van der Waals surface area contributed by atoms with E-state index in [1.165, 1.54) is 15.4 Å². The van der Waals surface area contributed by atoms with Crippen LogP contribution in [0.3, 0.4) is 0 Å². The summed E-state index contributed by atoms with van der Waals surface area (Å²) in [5.74, 6) is 0.626. The summed E-state index contributed by atoms with van der Waals surface area (Å²) in [7, 11) is 0. The molecule has 8 nitrogen and oxygen atoms in total. The summed E-state index contributed by atoms with van der Waals surface area (Å²) in [5, 5.41) is 0. The fourth-order valence-electron chi connectivity index (χ4n) is 4.03. The molecule has 35 heavy (non-hydrogen) atoms. The molecule has 1 saturated heterocycles. The fourth-order valence-corrected chi connectivity index (χ4v) is 5.05. The molecule has 188 valence electrons. The van der Waals surface area contributed by atoms with Crippen LogP contribution in [0.25, 0.3) is 0 Å². The molecule has 2 heterocycles. The molecule has 0 bridgehead atoms. The molecule has 0 aromatic heterocycles. The number of piperazine rings is 1. The number of nitrogens with two attached hydrogens (primary N) is 1. The Bertz CT molecular complexity index is 1010. The van der Waals surface area contributed by atoms with Gasteiger partial charge in [-0.2, -0.15) is 0 Å². The second-order valence-corrected chi connectivity index (χ2v) is 9.46. The minimum atomic E-state index is -0.747. The SMILES string of the molecule is CCOC(=O)C(N)COCCOCCN1CCN(C2=Nc3ccccc3Sc3ccccc32)CC1. The molecule has 0 saturated carbocycles. The van der Waals surface area contributed by atoms with Crippen LogP contribution < -0.4 is 5.73 Å². The van der Waals surface area contributed by atoms with Gasteiger partial charge in [-0.1, -0.05) is 42.1 Å². The van der Waals surface area contributed by atoms with Crippen LogP contribution in [0, 0.1) is 0 Å². The number of carbonyl (C=O) groups is 1. The van der Waals surface area contributed by atoms with Gasteiger partial charge in [0.2, 0.25) is 0 Å². The summed E-state index contributed by atoms with van der Waals surface area (Å²) in [6.45, 7) is 8.37. The molecule has 0 amide bonds. The standard InChI is InChI=1S/C26H34N4O4S/c1-2-34-26(31)21(27)19-33-18-17-32-16-15-29-11-13-30(14-12-29)25-20-7-3-5-9-23(20)35-24-10-6-4-8-22(24)28-25/h3-10,21H,2,11-19,27H2,1H3. The van der Waals surface area contributed by atoms with Crippen LogP contribution >= 0.6 is 11.8 Å². The van der Waals surface area contributed by atoms with Crippen molar-refractivity contribution in [2.45, 2.75) is 22.8 Å². The van der Waals surface area contributed by atoms with Crippen LogP contribution in [-0.4, -0.2) is 93.4 Å². The summed E-state index contributed by atoms with van der Waals surface area (Å²) < 4.78 is 16.0. The second-order valence-electron chi connectivity index (χ2n) is 8.38. The Labute approximate surface area is 211 Å². The maximum Gasteiger partial charge on any atom is 0.325 e. The summed E-state index contributed by atoms with van der Waals surface area (Å²) in [5.41, 5.74) is 7.94. The summed E-state index contributed by atoms with van der Waals surface area (Å²) in [6, 6.07) is 16.1. The number of rotatable bonds is 10. The first-order chi connectivity index (χ1) is 17.2. The predicted molar refractivity (Wildman–Crippen MR) is 137 cm³/mol. The van der Waals surface area contributed by atoms with Gasteiger partial charge in [0.15, 0.2) is 0 Å². The van der Waals surface area contributed by atoms with Gasteiger partial charge in [0, 0.05) is 48.1 Å². The van der Waals surface area contributed by atoms with E-state index in [1.807, 2.05) is 6.07 Å². The molecule has 0 spiro atoms. The Morgan fingerprint density at radius 2 is 1.71 bits per heavy atom. The number of hydrogen-bond acceptors (Lipinski definition) is 9. The van der Waals surface area contributed by atoms with E-state index >= 15 is 0 Å². The lowest BCUT2D eigenvalue weighted by Crippen LogP contribution is -2.49. The molecule has 1 atom stereocenters. The third-order valence-corrected chi connectivity index (χ3v) is 7.06. The van der Waals surface area contributed by atoms with Crippen LogP contribution in [-0.2, 0) is 19.0 Å². The van der Waals surface area contributed by atoms with E-state index in [-0.39, 0.29) is 6.61 Å². The van der Waals surface area contributed by atoms with Gasteiger partial charge in [0.05, 0.1) is 38.7 Å².